The van der Waals surface area contributed by atoms with Crippen LogP contribution in [0.5, 0.6) is 0 Å². The van der Waals surface area contributed by atoms with Crippen LogP contribution >= 0.6 is 11.3 Å². The fourth-order valence-corrected chi connectivity index (χ4v) is 4.84. The number of carbonyl (C=O) groups excluding carboxylic acids is 4. The summed E-state index contributed by atoms with van der Waals surface area (Å²) in [6, 6.07) is 1.18. The van der Waals surface area contributed by atoms with E-state index >= 15 is 0 Å². The molecule has 2 aromatic rings. The van der Waals surface area contributed by atoms with Crippen LogP contribution in [0.4, 0.5) is 15.6 Å². The number of nitro groups is 1. The summed E-state index contributed by atoms with van der Waals surface area (Å²) in [7, 11) is -5.04. The average molecular weight is 629 g/mol. The highest BCUT2D eigenvalue weighted by molar-refractivity contribution is 7.84. The van der Waals surface area contributed by atoms with Crippen LogP contribution in [-0.2, 0) is 40.9 Å². The molecule has 0 radical (unpaired) electrons. The molecule has 7 N–H and O–H groups in total. The Balaban J connectivity index is 1.77. The first kappa shape index (κ1) is 31.6. The number of nitrogens with zero attached hydrogens (tertiary/aromatic N) is 4. The van der Waals surface area contributed by atoms with Gasteiger partial charge < -0.3 is 31.7 Å². The molecule has 42 heavy (non-hydrogen) atoms. The van der Waals surface area contributed by atoms with E-state index in [0.717, 1.165) is 11.3 Å². The lowest BCUT2D eigenvalue weighted by atomic mass is 9.98. The molecule has 1 aromatic heterocycles. The van der Waals surface area contributed by atoms with Crippen LogP contribution in [0.3, 0.4) is 0 Å². The third-order valence-corrected chi connectivity index (χ3v) is 7.17. The zero-order valence-corrected chi connectivity index (χ0v) is 23.4. The van der Waals surface area contributed by atoms with E-state index in [2.05, 4.69) is 20.8 Å². The number of urea groups is 1. The lowest BCUT2D eigenvalue weighted by Crippen LogP contribution is -2.74. The van der Waals surface area contributed by atoms with Gasteiger partial charge >= 0.3 is 22.3 Å². The van der Waals surface area contributed by atoms with Gasteiger partial charge in [0.1, 0.15) is 18.3 Å². The highest BCUT2D eigenvalue weighted by Crippen LogP contribution is 2.24. The topological polar surface area (TPSA) is 289 Å². The molecule has 0 aliphatic carbocycles. The van der Waals surface area contributed by atoms with E-state index in [1.807, 2.05) is 0 Å². The Morgan fingerprint density at radius 2 is 1.93 bits per heavy atom. The zero-order chi connectivity index (χ0) is 31.4. The van der Waals surface area contributed by atoms with Gasteiger partial charge in [0.2, 0.25) is 5.60 Å². The second-order valence-electron chi connectivity index (χ2n) is 8.99. The average Bonchev–Trinajstić information content (AvgIpc) is 3.32. The minimum Gasteiger partial charge on any atom is -0.458 e. The molecule has 1 aliphatic heterocycles. The quantitative estimate of drug-likeness (QED) is 0.0473. The number of esters is 1. The predicted octanol–water partition coefficient (Wildman–Crippen LogP) is -0.957. The monoisotopic (exact) mass is 628 g/mol. The number of amides is 4. The Bertz CT molecular complexity index is 1540. The van der Waals surface area contributed by atoms with Crippen LogP contribution in [0, 0.1) is 10.1 Å². The highest BCUT2D eigenvalue weighted by atomic mass is 32.2. The minimum absolute atomic E-state index is 0.0214. The van der Waals surface area contributed by atoms with Gasteiger partial charge in [0.15, 0.2) is 10.8 Å². The van der Waals surface area contributed by atoms with E-state index in [-0.39, 0.29) is 27.4 Å². The maximum Gasteiger partial charge on any atom is 0.362 e. The lowest BCUT2D eigenvalue weighted by molar-refractivity contribution is -0.384. The van der Waals surface area contributed by atoms with Gasteiger partial charge in [-0.25, -0.2) is 18.9 Å². The van der Waals surface area contributed by atoms with Crippen molar-refractivity contribution < 1.29 is 46.6 Å². The summed E-state index contributed by atoms with van der Waals surface area (Å²) in [5.74, 6) is -3.28. The lowest BCUT2D eigenvalue weighted by Gasteiger charge is -2.44. The van der Waals surface area contributed by atoms with E-state index in [0.29, 0.717) is 5.56 Å². The molecule has 2 atom stereocenters. The number of oxime groups is 1. The number of β-lactam (4-membered cyclic amide) rings is 1. The number of hydrogen-bond acceptors (Lipinski definition) is 14. The standard InChI is InChI=1S/C21H24N8O11S2/c1-21(2,18(32)39-8-10-3-5-11(6-4-10)29(34)35)40-27-14(12-9-41-20(23)25-12)16(30)26-15-13(7-24-19(22)33)28(17(15)31)42(36,37)38/h3-6,9,13,15H,7-8H2,1-2H3,(H2,23,25)(H,26,30)(H3,22,24,33)(H,36,37,38)/b27-14-. The first-order valence-electron chi connectivity index (χ1n) is 11.5. The van der Waals surface area contributed by atoms with Crippen LogP contribution in [0.2, 0.25) is 0 Å². The summed E-state index contributed by atoms with van der Waals surface area (Å²) >= 11 is 0.921. The van der Waals surface area contributed by atoms with Crippen LogP contribution in [0.1, 0.15) is 25.1 Å². The van der Waals surface area contributed by atoms with Crippen LogP contribution in [-0.4, -0.2) is 80.9 Å². The molecule has 226 valence electrons. The molecule has 1 aliphatic rings. The summed E-state index contributed by atoms with van der Waals surface area (Å²) in [6.07, 6.45) is 0. The van der Waals surface area contributed by atoms with Gasteiger partial charge in [0, 0.05) is 24.1 Å². The minimum atomic E-state index is -5.04. The van der Waals surface area contributed by atoms with Gasteiger partial charge in [0.25, 0.3) is 17.5 Å². The maximum absolute atomic E-state index is 13.2. The van der Waals surface area contributed by atoms with E-state index in [1.54, 1.807) is 0 Å². The predicted molar refractivity (Wildman–Crippen MR) is 143 cm³/mol. The number of aromatic nitrogens is 1. The second-order valence-corrected chi connectivity index (χ2v) is 11.2. The first-order valence-corrected chi connectivity index (χ1v) is 13.8. The van der Waals surface area contributed by atoms with Crippen LogP contribution in [0.15, 0.2) is 34.8 Å². The van der Waals surface area contributed by atoms with Crippen molar-refractivity contribution in [1.29, 1.82) is 0 Å². The number of anilines is 1. The van der Waals surface area contributed by atoms with Crippen molar-refractivity contribution in [2.75, 3.05) is 12.3 Å². The Kier molecular flexibility index (Phi) is 9.28. The number of ether oxygens (including phenoxy) is 1. The molecule has 0 saturated carbocycles. The van der Waals surface area contributed by atoms with E-state index < -0.39 is 69.0 Å². The Morgan fingerprint density at radius 1 is 1.29 bits per heavy atom. The molecular formula is C21H24N8O11S2. The maximum atomic E-state index is 13.2. The number of benzene rings is 1. The van der Waals surface area contributed by atoms with Crippen LogP contribution < -0.4 is 22.1 Å². The molecule has 2 unspecified atom stereocenters. The molecule has 0 spiro atoms. The molecule has 0 bridgehead atoms. The van der Waals surface area contributed by atoms with Crippen molar-refractivity contribution in [2.24, 2.45) is 10.9 Å². The second kappa shape index (κ2) is 12.3. The van der Waals surface area contributed by atoms with Crippen molar-refractivity contribution in [3.05, 3.63) is 51.0 Å². The number of nitro benzene ring substituents is 1. The van der Waals surface area contributed by atoms with Crippen molar-refractivity contribution in [1.82, 2.24) is 19.9 Å². The summed E-state index contributed by atoms with van der Waals surface area (Å²) in [6.45, 7) is 1.72. The fraction of sp³-hybridized carbons (Fsp3) is 0.333. The molecule has 4 amide bonds. The summed E-state index contributed by atoms with van der Waals surface area (Å²) in [4.78, 5) is 68.8. The van der Waals surface area contributed by atoms with E-state index in [4.69, 9.17) is 21.0 Å². The molecule has 2 heterocycles. The number of non-ortho nitro benzene ring substituents is 1. The van der Waals surface area contributed by atoms with Gasteiger partial charge in [-0.15, -0.1) is 11.3 Å². The number of nitrogens with two attached hydrogens (primary N) is 2. The third-order valence-electron chi connectivity index (χ3n) is 5.54. The van der Waals surface area contributed by atoms with Gasteiger partial charge in [-0.2, -0.15) is 8.42 Å². The van der Waals surface area contributed by atoms with Crippen molar-refractivity contribution in [3.63, 3.8) is 0 Å². The van der Waals surface area contributed by atoms with Crippen molar-refractivity contribution in [3.8, 4) is 0 Å². The molecule has 21 heteroatoms. The van der Waals surface area contributed by atoms with Gasteiger partial charge in [-0.1, -0.05) is 5.16 Å². The number of thiazole rings is 1. The summed E-state index contributed by atoms with van der Waals surface area (Å²) in [5.41, 5.74) is 8.43. The molecule has 1 fully saturated rings. The van der Waals surface area contributed by atoms with E-state index in [1.165, 1.54) is 43.5 Å². The highest BCUT2D eigenvalue weighted by Gasteiger charge is 2.54. The normalized spacial score (nSPS) is 17.2. The Morgan fingerprint density at radius 3 is 2.45 bits per heavy atom. The van der Waals surface area contributed by atoms with Crippen LogP contribution in [0.25, 0.3) is 0 Å². The molecule has 1 saturated heterocycles. The molecule has 1 aromatic carbocycles. The zero-order valence-electron chi connectivity index (χ0n) is 21.7. The summed E-state index contributed by atoms with van der Waals surface area (Å²) < 4.78 is 37.8. The fourth-order valence-electron chi connectivity index (χ4n) is 3.41. The molecule has 3 rings (SSSR count). The largest absolute Gasteiger partial charge is 0.458 e. The number of primary amides is 1. The van der Waals surface area contributed by atoms with Gasteiger partial charge in [0.05, 0.1) is 11.0 Å². The van der Waals surface area contributed by atoms with Crippen molar-refractivity contribution >= 4 is 62.0 Å². The number of hydrogen-bond donors (Lipinski definition) is 5. The Labute approximate surface area is 240 Å². The number of nitrogens with one attached hydrogen (secondary N) is 2. The summed E-state index contributed by atoms with van der Waals surface area (Å²) in [5, 5.41) is 20.2. The molecule has 19 nitrogen and oxygen atoms in total. The number of carbonyl (C=O) groups is 4. The third kappa shape index (κ3) is 7.44. The van der Waals surface area contributed by atoms with E-state index in [9.17, 15) is 42.3 Å². The Hall–Kier alpha value is -4.89. The number of rotatable bonds is 12. The SMILES string of the molecule is CC(C)(O/N=C(\C(=O)NC1C(=O)N(S(=O)(=O)O)C1CNC(N)=O)c1csc(N)n1)C(=O)OCc1ccc([N+](=O)[O-])cc1. The van der Waals surface area contributed by atoms with Gasteiger partial charge in [-0.05, 0) is 31.5 Å². The molecular weight excluding hydrogens is 604 g/mol. The van der Waals surface area contributed by atoms with Gasteiger partial charge in [-0.3, -0.25) is 24.3 Å². The van der Waals surface area contributed by atoms with Crippen molar-refractivity contribution in [2.45, 2.75) is 38.1 Å². The number of nitrogen functional groups attached to an aromatic ring is 1. The first-order chi connectivity index (χ1) is 19.5. The smallest absolute Gasteiger partial charge is 0.362 e.